The van der Waals surface area contributed by atoms with Gasteiger partial charge in [0.15, 0.2) is 0 Å². The highest BCUT2D eigenvalue weighted by molar-refractivity contribution is 7.99. The van der Waals surface area contributed by atoms with Crippen LogP contribution in [-0.4, -0.2) is 21.0 Å². The molecule has 3 N–H and O–H groups in total. The number of pyridine rings is 1. The largest absolute Gasteiger partial charge is 0.384 e. The van der Waals surface area contributed by atoms with Gasteiger partial charge in [-0.25, -0.2) is 4.98 Å². The summed E-state index contributed by atoms with van der Waals surface area (Å²) in [6, 6.07) is 5.66. The minimum absolute atomic E-state index is 0.0169. The molecule has 6 heteroatoms. The molecule has 0 aromatic carbocycles. The van der Waals surface area contributed by atoms with Gasteiger partial charge in [0.05, 0.1) is 11.8 Å². The molecule has 18 heavy (non-hydrogen) atoms. The Bertz CT molecular complexity index is 577. The molecule has 2 aromatic heterocycles. The van der Waals surface area contributed by atoms with Crippen LogP contribution in [0.25, 0.3) is 0 Å². The highest BCUT2D eigenvalue weighted by Crippen LogP contribution is 2.27. The average molecular weight is 259 g/mol. The number of amidine groups is 1. The molecule has 0 radical (unpaired) electrons. The zero-order valence-electron chi connectivity index (χ0n) is 10.1. The molecule has 5 nitrogen and oxygen atoms in total. The SMILES string of the molecule is Cc1cc(C)nc(Sc2nnccc2C(=N)N)c1. The van der Waals surface area contributed by atoms with Crippen molar-refractivity contribution in [3.8, 4) is 0 Å². The molecule has 0 saturated heterocycles. The van der Waals surface area contributed by atoms with Crippen molar-refractivity contribution < 1.29 is 0 Å². The van der Waals surface area contributed by atoms with E-state index < -0.39 is 0 Å². The molecule has 0 unspecified atom stereocenters. The molecule has 2 rings (SSSR count). The van der Waals surface area contributed by atoms with Crippen molar-refractivity contribution in [2.24, 2.45) is 5.73 Å². The van der Waals surface area contributed by atoms with Crippen LogP contribution in [0, 0.1) is 19.3 Å². The van der Waals surface area contributed by atoms with Gasteiger partial charge in [0, 0.05) is 5.69 Å². The number of nitrogens with two attached hydrogens (primary N) is 1. The van der Waals surface area contributed by atoms with Crippen LogP contribution in [0.1, 0.15) is 16.8 Å². The van der Waals surface area contributed by atoms with Crippen LogP contribution >= 0.6 is 11.8 Å². The van der Waals surface area contributed by atoms with Gasteiger partial charge in [-0.2, -0.15) is 5.10 Å². The average Bonchev–Trinajstić information content (AvgIpc) is 2.27. The molecule has 0 aliphatic rings. The molecule has 0 aliphatic carbocycles. The van der Waals surface area contributed by atoms with Crippen LogP contribution in [0.15, 0.2) is 34.4 Å². The minimum Gasteiger partial charge on any atom is -0.384 e. The van der Waals surface area contributed by atoms with E-state index in [0.717, 1.165) is 16.3 Å². The van der Waals surface area contributed by atoms with Crippen molar-refractivity contribution in [1.82, 2.24) is 15.2 Å². The first-order chi connectivity index (χ1) is 8.56. The first kappa shape index (κ1) is 12.5. The van der Waals surface area contributed by atoms with Gasteiger partial charge in [0.1, 0.15) is 15.9 Å². The maximum atomic E-state index is 7.50. The first-order valence-corrected chi connectivity index (χ1v) is 6.17. The predicted molar refractivity (Wildman–Crippen MR) is 70.9 cm³/mol. The van der Waals surface area contributed by atoms with E-state index in [4.69, 9.17) is 11.1 Å². The number of nitrogens with zero attached hydrogens (tertiary/aromatic N) is 3. The minimum atomic E-state index is -0.0169. The summed E-state index contributed by atoms with van der Waals surface area (Å²) in [5.74, 6) is -0.0169. The van der Waals surface area contributed by atoms with Gasteiger partial charge in [-0.3, -0.25) is 5.41 Å². The Morgan fingerprint density at radius 1 is 1.33 bits per heavy atom. The maximum Gasteiger partial charge on any atom is 0.136 e. The summed E-state index contributed by atoms with van der Waals surface area (Å²) in [4.78, 5) is 4.41. The summed E-state index contributed by atoms with van der Waals surface area (Å²) in [7, 11) is 0. The second-order valence-corrected chi connectivity index (χ2v) is 4.90. The van der Waals surface area contributed by atoms with Gasteiger partial charge in [0.2, 0.25) is 0 Å². The van der Waals surface area contributed by atoms with E-state index in [1.165, 1.54) is 18.0 Å². The van der Waals surface area contributed by atoms with E-state index in [1.807, 2.05) is 26.0 Å². The van der Waals surface area contributed by atoms with Gasteiger partial charge >= 0.3 is 0 Å². The smallest absolute Gasteiger partial charge is 0.136 e. The second kappa shape index (κ2) is 5.14. The van der Waals surface area contributed by atoms with Crippen molar-refractivity contribution in [3.05, 3.63) is 41.2 Å². The van der Waals surface area contributed by atoms with E-state index in [9.17, 15) is 0 Å². The van der Waals surface area contributed by atoms with Crippen molar-refractivity contribution in [2.75, 3.05) is 0 Å². The van der Waals surface area contributed by atoms with Gasteiger partial charge in [-0.15, -0.1) is 5.10 Å². The van der Waals surface area contributed by atoms with Crippen LogP contribution in [0.5, 0.6) is 0 Å². The number of nitrogens with one attached hydrogen (secondary N) is 1. The molecular weight excluding hydrogens is 246 g/mol. The van der Waals surface area contributed by atoms with Crippen molar-refractivity contribution >= 4 is 17.6 Å². The lowest BCUT2D eigenvalue weighted by Crippen LogP contribution is -2.13. The zero-order chi connectivity index (χ0) is 13.1. The quantitative estimate of drug-likeness (QED) is 0.649. The molecule has 92 valence electrons. The standard InChI is InChI=1S/C12H13N5S/c1-7-5-8(2)16-10(6-7)18-12-9(11(13)14)3-4-15-17-12/h3-6H,1-2H3,(H3,13,14). The van der Waals surface area contributed by atoms with Crippen molar-refractivity contribution in [3.63, 3.8) is 0 Å². The Kier molecular flexibility index (Phi) is 3.57. The van der Waals surface area contributed by atoms with Crippen molar-refractivity contribution in [1.29, 1.82) is 5.41 Å². The predicted octanol–water partition coefficient (Wildman–Crippen LogP) is 1.92. The Morgan fingerprint density at radius 3 is 2.78 bits per heavy atom. The molecule has 0 spiro atoms. The normalized spacial score (nSPS) is 10.3. The number of hydrogen-bond donors (Lipinski definition) is 2. The van der Waals surface area contributed by atoms with Gasteiger partial charge in [0.25, 0.3) is 0 Å². The summed E-state index contributed by atoms with van der Waals surface area (Å²) >= 11 is 1.37. The number of nitrogen functional groups attached to an aromatic ring is 1. The third-order valence-corrected chi connectivity index (χ3v) is 3.17. The lowest BCUT2D eigenvalue weighted by molar-refractivity contribution is 0.916. The highest BCUT2D eigenvalue weighted by atomic mass is 32.2. The Morgan fingerprint density at radius 2 is 2.11 bits per heavy atom. The molecule has 0 saturated carbocycles. The summed E-state index contributed by atoms with van der Waals surface area (Å²) in [6.45, 7) is 3.96. The number of hydrogen-bond acceptors (Lipinski definition) is 5. The monoisotopic (exact) mass is 259 g/mol. The zero-order valence-corrected chi connectivity index (χ0v) is 11.0. The molecule has 0 atom stereocenters. The van der Waals surface area contributed by atoms with Crippen LogP contribution in [0.4, 0.5) is 0 Å². The third-order valence-electron chi connectivity index (χ3n) is 2.25. The Hall–Kier alpha value is -1.95. The summed E-state index contributed by atoms with van der Waals surface area (Å²) in [5.41, 5.74) is 8.18. The second-order valence-electron chi connectivity index (χ2n) is 3.89. The number of aryl methyl sites for hydroxylation is 2. The van der Waals surface area contributed by atoms with Gasteiger partial charge < -0.3 is 5.73 Å². The molecular formula is C12H13N5S. The lowest BCUT2D eigenvalue weighted by atomic mass is 10.3. The highest BCUT2D eigenvalue weighted by Gasteiger charge is 2.10. The summed E-state index contributed by atoms with van der Waals surface area (Å²) < 4.78 is 0. The van der Waals surface area contributed by atoms with Gasteiger partial charge in [-0.05, 0) is 49.4 Å². The topological polar surface area (TPSA) is 88.5 Å². The molecule has 0 bridgehead atoms. The van der Waals surface area contributed by atoms with E-state index >= 15 is 0 Å². The van der Waals surface area contributed by atoms with Gasteiger partial charge in [-0.1, -0.05) is 0 Å². The van der Waals surface area contributed by atoms with E-state index in [-0.39, 0.29) is 5.84 Å². The van der Waals surface area contributed by atoms with Crippen LogP contribution in [-0.2, 0) is 0 Å². The summed E-state index contributed by atoms with van der Waals surface area (Å²) in [6.07, 6.45) is 1.52. The fourth-order valence-corrected chi connectivity index (χ4v) is 2.56. The third kappa shape index (κ3) is 2.84. The molecule has 0 fully saturated rings. The van der Waals surface area contributed by atoms with Crippen LogP contribution in [0.3, 0.4) is 0 Å². The molecule has 2 heterocycles. The molecule has 2 aromatic rings. The van der Waals surface area contributed by atoms with Crippen molar-refractivity contribution in [2.45, 2.75) is 23.9 Å². The van der Waals surface area contributed by atoms with E-state index in [2.05, 4.69) is 15.2 Å². The Labute approximate surface area is 109 Å². The van der Waals surface area contributed by atoms with E-state index in [0.29, 0.717) is 10.6 Å². The molecule has 0 amide bonds. The van der Waals surface area contributed by atoms with E-state index in [1.54, 1.807) is 6.07 Å². The maximum absolute atomic E-state index is 7.50. The fraction of sp³-hybridized carbons (Fsp3) is 0.167. The summed E-state index contributed by atoms with van der Waals surface area (Å²) in [5, 5.41) is 16.8. The first-order valence-electron chi connectivity index (χ1n) is 5.35. The van der Waals surface area contributed by atoms with Crippen LogP contribution < -0.4 is 5.73 Å². The number of aromatic nitrogens is 3. The lowest BCUT2D eigenvalue weighted by Gasteiger charge is -2.06. The fourth-order valence-electron chi connectivity index (χ4n) is 1.55. The number of rotatable bonds is 3. The Balaban J connectivity index is 2.37. The van der Waals surface area contributed by atoms with Crippen LogP contribution in [0.2, 0.25) is 0 Å². The molecule has 0 aliphatic heterocycles.